The zero-order valence-electron chi connectivity index (χ0n) is 17.5. The van der Waals surface area contributed by atoms with Crippen molar-refractivity contribution in [1.29, 1.82) is 0 Å². The third kappa shape index (κ3) is 6.28. The van der Waals surface area contributed by atoms with E-state index in [1.807, 2.05) is 31.4 Å². The Hall–Kier alpha value is -2.91. The van der Waals surface area contributed by atoms with E-state index in [-0.39, 0.29) is 17.7 Å². The van der Waals surface area contributed by atoms with Crippen LogP contribution in [0.15, 0.2) is 42.5 Å². The smallest absolute Gasteiger partial charge is 0.251 e. The largest absolute Gasteiger partial charge is 0.340 e. The van der Waals surface area contributed by atoms with E-state index in [2.05, 4.69) is 20.9 Å². The number of thioether (sulfide) groups is 1. The van der Waals surface area contributed by atoms with E-state index in [4.69, 9.17) is 0 Å². The maximum absolute atomic E-state index is 12.9. The SMILES string of the molecule is CSCCC(NC(=O)c1cccc(C)c1)C(=O)Nc1nc2ccc(NC(C)=O)cc2s1. The molecule has 3 rings (SSSR count). The van der Waals surface area contributed by atoms with Crippen LogP contribution in [-0.2, 0) is 9.59 Å². The Balaban J connectivity index is 1.73. The molecule has 0 aliphatic carbocycles. The molecule has 3 N–H and O–H groups in total. The second kappa shape index (κ2) is 10.4. The summed E-state index contributed by atoms with van der Waals surface area (Å²) in [5, 5.41) is 8.85. The second-order valence-corrected chi connectivity index (χ2v) is 9.07. The fourth-order valence-corrected chi connectivity index (χ4v) is 4.36. The van der Waals surface area contributed by atoms with Gasteiger partial charge in [-0.25, -0.2) is 4.98 Å². The van der Waals surface area contributed by atoms with E-state index in [0.717, 1.165) is 21.5 Å². The Morgan fingerprint density at radius 1 is 1.13 bits per heavy atom. The molecule has 0 spiro atoms. The average molecular weight is 457 g/mol. The van der Waals surface area contributed by atoms with E-state index >= 15 is 0 Å². The number of hydrogen-bond donors (Lipinski definition) is 3. The number of nitrogens with zero attached hydrogens (tertiary/aromatic N) is 1. The number of carbonyl (C=O) groups excluding carboxylic acids is 3. The Labute approximate surface area is 189 Å². The van der Waals surface area contributed by atoms with Crippen molar-refractivity contribution in [2.24, 2.45) is 0 Å². The van der Waals surface area contributed by atoms with E-state index in [1.54, 1.807) is 36.0 Å². The summed E-state index contributed by atoms with van der Waals surface area (Å²) in [6.45, 7) is 3.36. The third-order valence-corrected chi connectivity index (χ3v) is 6.03. The molecule has 0 saturated heterocycles. The molecule has 2 aromatic carbocycles. The Morgan fingerprint density at radius 2 is 1.94 bits per heavy atom. The highest BCUT2D eigenvalue weighted by Gasteiger charge is 2.22. The van der Waals surface area contributed by atoms with Gasteiger partial charge in [0.25, 0.3) is 5.91 Å². The van der Waals surface area contributed by atoms with Gasteiger partial charge in [-0.1, -0.05) is 29.0 Å². The maximum Gasteiger partial charge on any atom is 0.251 e. The van der Waals surface area contributed by atoms with Crippen LogP contribution in [0.3, 0.4) is 0 Å². The van der Waals surface area contributed by atoms with Gasteiger partial charge in [-0.05, 0) is 55.7 Å². The quantitative estimate of drug-likeness (QED) is 0.475. The van der Waals surface area contributed by atoms with Crippen LogP contribution in [0.5, 0.6) is 0 Å². The Kier molecular flexibility index (Phi) is 7.64. The maximum atomic E-state index is 12.9. The van der Waals surface area contributed by atoms with Gasteiger partial charge in [0.15, 0.2) is 5.13 Å². The van der Waals surface area contributed by atoms with Crippen LogP contribution in [0.4, 0.5) is 10.8 Å². The molecule has 0 fully saturated rings. The fourth-order valence-electron chi connectivity index (χ4n) is 2.98. The molecular formula is C22H24N4O3S2. The van der Waals surface area contributed by atoms with Crippen molar-refractivity contribution < 1.29 is 14.4 Å². The molecule has 31 heavy (non-hydrogen) atoms. The summed E-state index contributed by atoms with van der Waals surface area (Å²) in [5.41, 5.74) is 2.89. The summed E-state index contributed by atoms with van der Waals surface area (Å²) in [5.74, 6) is -0.0182. The number of carbonyl (C=O) groups is 3. The van der Waals surface area contributed by atoms with Gasteiger partial charge in [-0.2, -0.15) is 11.8 Å². The van der Waals surface area contributed by atoms with Gasteiger partial charge < -0.3 is 16.0 Å². The monoisotopic (exact) mass is 456 g/mol. The second-order valence-electron chi connectivity index (χ2n) is 7.05. The van der Waals surface area contributed by atoms with E-state index in [1.165, 1.54) is 18.3 Å². The lowest BCUT2D eigenvalue weighted by molar-refractivity contribution is -0.118. The minimum atomic E-state index is -0.678. The number of anilines is 2. The number of rotatable bonds is 8. The van der Waals surface area contributed by atoms with Crippen LogP contribution in [0.2, 0.25) is 0 Å². The summed E-state index contributed by atoms with van der Waals surface area (Å²) in [4.78, 5) is 41.3. The van der Waals surface area contributed by atoms with Crippen molar-refractivity contribution in [3.05, 3.63) is 53.6 Å². The standard InChI is InChI=1S/C22H24N4O3S2/c1-13-5-4-6-15(11-13)20(28)24-18(9-10-30-3)21(29)26-22-25-17-8-7-16(23-14(2)27)12-19(17)31-22/h4-8,11-12,18H,9-10H2,1-3H3,(H,23,27)(H,24,28)(H,25,26,29). The first-order valence-corrected chi connectivity index (χ1v) is 11.9. The predicted molar refractivity (Wildman–Crippen MR) is 128 cm³/mol. The summed E-state index contributed by atoms with van der Waals surface area (Å²) < 4.78 is 0.839. The fraction of sp³-hybridized carbons (Fsp3) is 0.273. The van der Waals surface area contributed by atoms with Crippen LogP contribution in [0, 0.1) is 6.92 Å². The summed E-state index contributed by atoms with van der Waals surface area (Å²) in [6.07, 6.45) is 2.46. The van der Waals surface area contributed by atoms with Gasteiger partial charge in [0.2, 0.25) is 11.8 Å². The molecule has 9 heteroatoms. The van der Waals surface area contributed by atoms with Crippen LogP contribution in [0.25, 0.3) is 10.2 Å². The van der Waals surface area contributed by atoms with Crippen molar-refractivity contribution >= 4 is 61.9 Å². The zero-order chi connectivity index (χ0) is 22.4. The first kappa shape index (κ1) is 22.8. The molecule has 1 atom stereocenters. The Morgan fingerprint density at radius 3 is 2.65 bits per heavy atom. The van der Waals surface area contributed by atoms with Crippen LogP contribution < -0.4 is 16.0 Å². The molecule has 0 bridgehead atoms. The molecular weight excluding hydrogens is 432 g/mol. The summed E-state index contributed by atoms with van der Waals surface area (Å²) >= 11 is 2.92. The minimum absolute atomic E-state index is 0.154. The van der Waals surface area contributed by atoms with Crippen molar-refractivity contribution in [3.63, 3.8) is 0 Å². The third-order valence-electron chi connectivity index (χ3n) is 4.45. The topological polar surface area (TPSA) is 100 Å². The molecule has 7 nitrogen and oxygen atoms in total. The number of amides is 3. The number of aryl methyl sites for hydroxylation is 1. The molecule has 0 aliphatic heterocycles. The molecule has 162 valence electrons. The van der Waals surface area contributed by atoms with E-state index in [9.17, 15) is 14.4 Å². The summed E-state index contributed by atoms with van der Waals surface area (Å²) in [7, 11) is 0. The molecule has 1 unspecified atom stereocenters. The lowest BCUT2D eigenvalue weighted by atomic mass is 10.1. The van der Waals surface area contributed by atoms with Gasteiger partial charge in [-0.3, -0.25) is 14.4 Å². The molecule has 1 aromatic heterocycles. The van der Waals surface area contributed by atoms with Crippen LogP contribution in [0.1, 0.15) is 29.3 Å². The number of aromatic nitrogens is 1. The Bertz CT molecular complexity index is 1110. The van der Waals surface area contributed by atoms with Gasteiger partial charge in [0.05, 0.1) is 10.2 Å². The first-order chi connectivity index (χ1) is 14.9. The lowest BCUT2D eigenvalue weighted by Crippen LogP contribution is -2.44. The molecule has 0 saturated carbocycles. The zero-order valence-corrected chi connectivity index (χ0v) is 19.2. The first-order valence-electron chi connectivity index (χ1n) is 9.71. The molecule has 0 radical (unpaired) electrons. The normalized spacial score (nSPS) is 11.7. The van der Waals surface area contributed by atoms with Crippen molar-refractivity contribution in [3.8, 4) is 0 Å². The van der Waals surface area contributed by atoms with Gasteiger partial charge in [0, 0.05) is 18.2 Å². The highest BCUT2D eigenvalue weighted by molar-refractivity contribution is 7.98. The number of fused-ring (bicyclic) bond motifs is 1. The number of nitrogens with one attached hydrogen (secondary N) is 3. The van der Waals surface area contributed by atoms with Gasteiger partial charge >= 0.3 is 0 Å². The highest BCUT2D eigenvalue weighted by Crippen LogP contribution is 2.28. The predicted octanol–water partition coefficient (Wildman–Crippen LogP) is 4.05. The lowest BCUT2D eigenvalue weighted by Gasteiger charge is -2.17. The van der Waals surface area contributed by atoms with Gasteiger partial charge in [-0.15, -0.1) is 0 Å². The van der Waals surface area contributed by atoms with Crippen LogP contribution in [-0.4, -0.2) is 40.8 Å². The van der Waals surface area contributed by atoms with E-state index < -0.39 is 6.04 Å². The average Bonchev–Trinajstić information content (AvgIpc) is 3.11. The number of hydrogen-bond acceptors (Lipinski definition) is 6. The number of thiazole rings is 1. The molecule has 1 heterocycles. The van der Waals surface area contributed by atoms with Crippen molar-refractivity contribution in [2.75, 3.05) is 22.6 Å². The number of benzene rings is 2. The minimum Gasteiger partial charge on any atom is -0.340 e. The molecule has 3 aromatic rings. The van der Waals surface area contributed by atoms with Crippen molar-refractivity contribution in [2.45, 2.75) is 26.3 Å². The summed E-state index contributed by atoms with van der Waals surface area (Å²) in [6, 6.07) is 11.9. The highest BCUT2D eigenvalue weighted by atomic mass is 32.2. The molecule has 0 aliphatic rings. The van der Waals surface area contributed by atoms with Gasteiger partial charge in [0.1, 0.15) is 6.04 Å². The molecule has 3 amide bonds. The van der Waals surface area contributed by atoms with Crippen molar-refractivity contribution in [1.82, 2.24) is 10.3 Å². The van der Waals surface area contributed by atoms with Crippen LogP contribution >= 0.6 is 23.1 Å². The van der Waals surface area contributed by atoms with E-state index in [0.29, 0.717) is 22.8 Å².